The number of piperidine rings is 1. The van der Waals surface area contributed by atoms with Crippen molar-refractivity contribution in [2.75, 3.05) is 33.9 Å². The zero-order valence-electron chi connectivity index (χ0n) is 20.0. The molecular formula is C24H30N4O6S. The van der Waals surface area contributed by atoms with E-state index in [-0.39, 0.29) is 28.4 Å². The molecule has 0 radical (unpaired) electrons. The lowest BCUT2D eigenvalue weighted by atomic mass is 10.0. The van der Waals surface area contributed by atoms with E-state index in [1.165, 1.54) is 25.2 Å². The van der Waals surface area contributed by atoms with E-state index in [0.29, 0.717) is 11.5 Å². The molecule has 1 aliphatic heterocycles. The molecule has 4 rings (SSSR count). The van der Waals surface area contributed by atoms with E-state index >= 15 is 0 Å². The number of benzene rings is 2. The lowest BCUT2D eigenvalue weighted by molar-refractivity contribution is 0.164. The largest absolute Gasteiger partial charge is 0.493 e. The molecule has 1 saturated heterocycles. The Balaban J connectivity index is 1.65. The lowest BCUT2D eigenvalue weighted by Crippen LogP contribution is -2.40. The number of methoxy groups -OCH3 is 2. The van der Waals surface area contributed by atoms with Crippen LogP contribution in [0.4, 0.5) is 0 Å². The van der Waals surface area contributed by atoms with E-state index < -0.39 is 21.3 Å². The summed E-state index contributed by atoms with van der Waals surface area (Å²) in [5.74, 6) is 1.18. The highest BCUT2D eigenvalue weighted by atomic mass is 32.2. The number of sulfonamides is 1. The minimum atomic E-state index is -3.93. The molecule has 0 bridgehead atoms. The van der Waals surface area contributed by atoms with Crippen molar-refractivity contribution in [1.82, 2.24) is 19.2 Å². The number of hydrogen-bond acceptors (Lipinski definition) is 7. The summed E-state index contributed by atoms with van der Waals surface area (Å²) < 4.78 is 40.9. The number of fused-ring (bicyclic) bond motifs is 1. The summed E-state index contributed by atoms with van der Waals surface area (Å²) in [7, 11) is 0.542. The molecule has 0 amide bonds. The quantitative estimate of drug-likeness (QED) is 0.481. The molecule has 3 aromatic rings. The van der Waals surface area contributed by atoms with Crippen molar-refractivity contribution in [1.29, 1.82) is 0 Å². The van der Waals surface area contributed by atoms with Crippen molar-refractivity contribution in [3.8, 4) is 11.5 Å². The van der Waals surface area contributed by atoms with Gasteiger partial charge in [0.05, 0.1) is 30.0 Å². The van der Waals surface area contributed by atoms with Crippen LogP contribution in [0.1, 0.15) is 30.9 Å². The monoisotopic (exact) mass is 502 g/mol. The number of H-pyrrole nitrogens is 1. The average Bonchev–Trinajstić information content (AvgIpc) is 2.87. The van der Waals surface area contributed by atoms with E-state index in [1.54, 1.807) is 14.2 Å². The maximum Gasteiger partial charge on any atom is 0.328 e. The van der Waals surface area contributed by atoms with Gasteiger partial charge in [-0.3, -0.25) is 14.3 Å². The van der Waals surface area contributed by atoms with Crippen LogP contribution in [0.15, 0.2) is 50.9 Å². The molecule has 0 saturated carbocycles. The number of aromatic nitrogens is 2. The fourth-order valence-corrected chi connectivity index (χ4v) is 5.53. The molecule has 0 aliphatic carbocycles. The van der Waals surface area contributed by atoms with Gasteiger partial charge in [-0.25, -0.2) is 17.9 Å². The normalized spacial score (nSPS) is 15.7. The molecule has 2 aromatic carbocycles. The Morgan fingerprint density at radius 3 is 2.40 bits per heavy atom. The first-order chi connectivity index (χ1) is 16.7. The first-order valence-electron chi connectivity index (χ1n) is 11.4. The van der Waals surface area contributed by atoms with Gasteiger partial charge in [0, 0.05) is 19.6 Å². The fourth-order valence-electron chi connectivity index (χ4n) is 4.47. The van der Waals surface area contributed by atoms with Crippen molar-refractivity contribution in [2.24, 2.45) is 7.05 Å². The second-order valence-corrected chi connectivity index (χ2v) is 10.3. The molecule has 1 atom stereocenters. The van der Waals surface area contributed by atoms with Crippen LogP contribution < -0.4 is 25.4 Å². The molecule has 0 spiro atoms. The van der Waals surface area contributed by atoms with Gasteiger partial charge in [0.25, 0.3) is 5.56 Å². The van der Waals surface area contributed by atoms with Crippen LogP contribution in [0.3, 0.4) is 0 Å². The summed E-state index contributed by atoms with van der Waals surface area (Å²) in [5, 5.41) is 0.127. The fraction of sp³-hybridized carbons (Fsp3) is 0.417. The molecule has 1 aromatic heterocycles. The number of ether oxygens (including phenoxy) is 2. The third-order valence-electron chi connectivity index (χ3n) is 6.47. The zero-order chi connectivity index (χ0) is 25.2. The van der Waals surface area contributed by atoms with Gasteiger partial charge >= 0.3 is 5.69 Å². The molecule has 35 heavy (non-hydrogen) atoms. The van der Waals surface area contributed by atoms with Gasteiger partial charge in [-0.1, -0.05) is 12.5 Å². The number of likely N-dealkylation sites (tertiary alicyclic amines) is 1. The number of rotatable bonds is 8. The van der Waals surface area contributed by atoms with Gasteiger partial charge in [0.1, 0.15) is 0 Å². The SMILES string of the molecule is COc1ccc([C@@H](CNS(=O)(=O)c2ccc3[nH]c(=O)n(C)c(=O)c3c2)N2CCCCC2)cc1OC. The second kappa shape index (κ2) is 10.2. The highest BCUT2D eigenvalue weighted by Crippen LogP contribution is 2.33. The Bertz CT molecular complexity index is 1440. The van der Waals surface area contributed by atoms with Crippen molar-refractivity contribution >= 4 is 20.9 Å². The van der Waals surface area contributed by atoms with Crippen molar-refractivity contribution < 1.29 is 17.9 Å². The van der Waals surface area contributed by atoms with Crippen LogP contribution >= 0.6 is 0 Å². The number of hydrogen-bond donors (Lipinski definition) is 2. The standard InChI is InChI=1S/C24H30N4O6S/c1-27-23(29)18-14-17(8-9-19(18)26-24(27)30)35(31,32)25-15-20(28-11-5-4-6-12-28)16-7-10-21(33-2)22(13-16)34-3/h7-10,13-14,20,25H,4-6,11-12,15H2,1-3H3,(H,26,30)/t20-/m1/s1. The Morgan fingerprint density at radius 1 is 1.00 bits per heavy atom. The average molecular weight is 503 g/mol. The Morgan fingerprint density at radius 2 is 1.71 bits per heavy atom. The number of nitrogens with one attached hydrogen (secondary N) is 2. The van der Waals surface area contributed by atoms with Gasteiger partial charge in [0.15, 0.2) is 11.5 Å². The summed E-state index contributed by atoms with van der Waals surface area (Å²) in [5.41, 5.74) is 0.0821. The highest BCUT2D eigenvalue weighted by molar-refractivity contribution is 7.89. The van der Waals surface area contributed by atoms with Crippen LogP contribution in [0, 0.1) is 0 Å². The van der Waals surface area contributed by atoms with Gasteiger partial charge in [-0.05, 0) is 61.8 Å². The van der Waals surface area contributed by atoms with Crippen molar-refractivity contribution in [2.45, 2.75) is 30.2 Å². The zero-order valence-corrected chi connectivity index (χ0v) is 20.9. The van der Waals surface area contributed by atoms with Crippen LogP contribution in [-0.4, -0.2) is 56.7 Å². The minimum Gasteiger partial charge on any atom is -0.493 e. The predicted molar refractivity (Wildman–Crippen MR) is 133 cm³/mol. The number of nitrogens with zero attached hydrogens (tertiary/aromatic N) is 2. The van der Waals surface area contributed by atoms with Crippen molar-refractivity contribution in [3.05, 3.63) is 62.8 Å². The van der Waals surface area contributed by atoms with Crippen LogP contribution in [-0.2, 0) is 17.1 Å². The highest BCUT2D eigenvalue weighted by Gasteiger charge is 2.26. The van der Waals surface area contributed by atoms with E-state index in [9.17, 15) is 18.0 Å². The Labute approximate surface area is 203 Å². The maximum absolute atomic E-state index is 13.2. The van der Waals surface area contributed by atoms with E-state index in [4.69, 9.17) is 9.47 Å². The molecule has 10 nitrogen and oxygen atoms in total. The first kappa shape index (κ1) is 25.0. The van der Waals surface area contributed by atoms with E-state index in [2.05, 4.69) is 14.6 Å². The second-order valence-electron chi connectivity index (χ2n) is 8.58. The molecule has 0 unspecified atom stereocenters. The van der Waals surface area contributed by atoms with Gasteiger partial charge in [0.2, 0.25) is 10.0 Å². The summed E-state index contributed by atoms with van der Waals surface area (Å²) in [6.45, 7) is 1.86. The molecule has 2 N–H and O–H groups in total. The molecule has 2 heterocycles. The molecule has 188 valence electrons. The van der Waals surface area contributed by atoms with E-state index in [1.807, 2.05) is 18.2 Å². The van der Waals surface area contributed by atoms with E-state index in [0.717, 1.165) is 42.5 Å². The van der Waals surface area contributed by atoms with Crippen molar-refractivity contribution in [3.63, 3.8) is 0 Å². The third-order valence-corrected chi connectivity index (χ3v) is 7.89. The molecule has 1 aliphatic rings. The van der Waals surface area contributed by atoms with Gasteiger partial charge < -0.3 is 14.5 Å². The van der Waals surface area contributed by atoms with Gasteiger partial charge in [-0.2, -0.15) is 0 Å². The molecule has 11 heteroatoms. The first-order valence-corrected chi connectivity index (χ1v) is 12.9. The Hall–Kier alpha value is -3.15. The predicted octanol–water partition coefficient (Wildman–Crippen LogP) is 1.75. The van der Waals surface area contributed by atoms with Crippen LogP contribution in [0.2, 0.25) is 0 Å². The topological polar surface area (TPSA) is 123 Å². The summed E-state index contributed by atoms with van der Waals surface area (Å²) in [4.78, 5) is 29.1. The summed E-state index contributed by atoms with van der Waals surface area (Å²) in [6, 6.07) is 9.51. The lowest BCUT2D eigenvalue weighted by Gasteiger charge is -2.35. The summed E-state index contributed by atoms with van der Waals surface area (Å²) in [6.07, 6.45) is 3.24. The van der Waals surface area contributed by atoms with Crippen LogP contribution in [0.25, 0.3) is 10.9 Å². The third kappa shape index (κ3) is 5.12. The van der Waals surface area contributed by atoms with Crippen LogP contribution in [0.5, 0.6) is 11.5 Å². The smallest absolute Gasteiger partial charge is 0.328 e. The number of aromatic amines is 1. The van der Waals surface area contributed by atoms with Gasteiger partial charge in [-0.15, -0.1) is 0 Å². The summed E-state index contributed by atoms with van der Waals surface area (Å²) >= 11 is 0. The Kier molecular flexibility index (Phi) is 7.29. The maximum atomic E-state index is 13.2. The molecular weight excluding hydrogens is 472 g/mol. The molecule has 1 fully saturated rings. The minimum absolute atomic E-state index is 0.0427.